The van der Waals surface area contributed by atoms with Crippen LogP contribution in [0.2, 0.25) is 0 Å². The molecule has 1 aliphatic rings. The van der Waals surface area contributed by atoms with Gasteiger partial charge in [-0.2, -0.15) is 0 Å². The zero-order valence-corrected chi connectivity index (χ0v) is 16.9. The smallest absolute Gasteiger partial charge is 0.264 e. The molecular weight excluding hydrogens is 346 g/mol. The Morgan fingerprint density at radius 2 is 1.96 bits per heavy atom. The topological polar surface area (TPSA) is 61.4 Å². The highest BCUT2D eigenvalue weighted by Gasteiger charge is 2.22. The quantitative estimate of drug-likeness (QED) is 0.804. The normalized spacial score (nSPS) is 15.3. The Morgan fingerprint density at radius 1 is 1.23 bits per heavy atom. The second-order valence-electron chi connectivity index (χ2n) is 6.77. The van der Waals surface area contributed by atoms with Gasteiger partial charge in [0.2, 0.25) is 0 Å². The Hall–Kier alpha value is -1.73. The standard InChI is InChI=1S/C19H29N5OS/c1-4-24(5-2)19(25)16-14(3)15-17(21-13-22-18(15)26-16)20-9-12-23-10-7-6-8-11-23/h13H,4-12H2,1-3H3,(H,20,21,22). The van der Waals surface area contributed by atoms with Crippen LogP contribution in [0.15, 0.2) is 6.33 Å². The number of aromatic nitrogens is 2. The minimum Gasteiger partial charge on any atom is -0.368 e. The summed E-state index contributed by atoms with van der Waals surface area (Å²) in [6, 6.07) is 0. The Labute approximate surface area is 159 Å². The molecule has 7 heteroatoms. The molecule has 0 atom stereocenters. The van der Waals surface area contributed by atoms with E-state index in [1.165, 1.54) is 43.7 Å². The molecule has 0 aromatic carbocycles. The Kier molecular flexibility index (Phi) is 6.43. The lowest BCUT2D eigenvalue weighted by Crippen LogP contribution is -2.33. The number of nitrogens with one attached hydrogen (secondary N) is 1. The van der Waals surface area contributed by atoms with E-state index in [9.17, 15) is 4.79 Å². The fraction of sp³-hybridized carbons (Fsp3) is 0.632. The van der Waals surface area contributed by atoms with Crippen LogP contribution >= 0.6 is 11.3 Å². The van der Waals surface area contributed by atoms with Crippen LogP contribution < -0.4 is 5.32 Å². The lowest BCUT2D eigenvalue weighted by molar-refractivity contribution is 0.0777. The molecule has 2 aromatic rings. The zero-order valence-electron chi connectivity index (χ0n) is 16.0. The maximum absolute atomic E-state index is 12.8. The number of carbonyl (C=O) groups excluding carboxylic acids is 1. The SMILES string of the molecule is CCN(CC)C(=O)c1sc2ncnc(NCCN3CCCCC3)c2c1C. The highest BCUT2D eigenvalue weighted by molar-refractivity contribution is 7.20. The minimum atomic E-state index is 0.0924. The number of amides is 1. The summed E-state index contributed by atoms with van der Waals surface area (Å²) in [5.74, 6) is 0.939. The Balaban J connectivity index is 1.77. The van der Waals surface area contributed by atoms with Crippen LogP contribution in [0.3, 0.4) is 0 Å². The number of hydrogen-bond acceptors (Lipinski definition) is 6. The third-order valence-corrected chi connectivity index (χ3v) is 6.33. The van der Waals surface area contributed by atoms with E-state index in [0.717, 1.165) is 52.7 Å². The van der Waals surface area contributed by atoms with Crippen LogP contribution in [0.5, 0.6) is 0 Å². The number of thiophene rings is 1. The molecule has 142 valence electrons. The summed E-state index contributed by atoms with van der Waals surface area (Å²) in [6.07, 6.45) is 5.55. The van der Waals surface area contributed by atoms with Crippen LogP contribution in [0, 0.1) is 6.92 Å². The zero-order chi connectivity index (χ0) is 18.5. The van der Waals surface area contributed by atoms with Crippen LogP contribution in [0.4, 0.5) is 5.82 Å². The van der Waals surface area contributed by atoms with E-state index in [2.05, 4.69) is 20.2 Å². The fourth-order valence-electron chi connectivity index (χ4n) is 3.58. The molecule has 0 bridgehead atoms. The van der Waals surface area contributed by atoms with Gasteiger partial charge in [-0.3, -0.25) is 4.79 Å². The molecule has 1 amide bonds. The number of rotatable bonds is 7. The Morgan fingerprint density at radius 3 is 2.65 bits per heavy atom. The lowest BCUT2D eigenvalue weighted by Gasteiger charge is -2.26. The second kappa shape index (κ2) is 8.77. The summed E-state index contributed by atoms with van der Waals surface area (Å²) in [5, 5.41) is 4.47. The number of aryl methyl sites for hydroxylation is 1. The molecule has 0 unspecified atom stereocenters. The molecule has 3 heterocycles. The monoisotopic (exact) mass is 375 g/mol. The van der Waals surface area contributed by atoms with E-state index in [1.54, 1.807) is 6.33 Å². The number of carbonyl (C=O) groups is 1. The van der Waals surface area contributed by atoms with Crippen molar-refractivity contribution in [3.8, 4) is 0 Å². The molecule has 3 rings (SSSR count). The van der Waals surface area contributed by atoms with Crippen molar-refractivity contribution >= 4 is 33.3 Å². The summed E-state index contributed by atoms with van der Waals surface area (Å²) in [7, 11) is 0. The van der Waals surface area contributed by atoms with Gasteiger partial charge in [0, 0.05) is 26.2 Å². The number of likely N-dealkylation sites (tertiary alicyclic amines) is 1. The average Bonchev–Trinajstić information content (AvgIpc) is 3.01. The van der Waals surface area contributed by atoms with E-state index in [-0.39, 0.29) is 5.91 Å². The van der Waals surface area contributed by atoms with E-state index in [0.29, 0.717) is 0 Å². The number of fused-ring (bicyclic) bond motifs is 1. The van der Waals surface area contributed by atoms with Crippen molar-refractivity contribution in [2.75, 3.05) is 44.6 Å². The highest BCUT2D eigenvalue weighted by Crippen LogP contribution is 2.33. The Bertz CT molecular complexity index is 750. The van der Waals surface area contributed by atoms with Gasteiger partial charge in [-0.25, -0.2) is 9.97 Å². The molecule has 1 N–H and O–H groups in total. The van der Waals surface area contributed by atoms with Gasteiger partial charge in [0.25, 0.3) is 5.91 Å². The van der Waals surface area contributed by atoms with Crippen LogP contribution in [-0.2, 0) is 0 Å². The predicted octanol–water partition coefficient (Wildman–Crippen LogP) is 3.38. The highest BCUT2D eigenvalue weighted by atomic mass is 32.1. The number of hydrogen-bond donors (Lipinski definition) is 1. The first-order chi connectivity index (χ1) is 12.7. The minimum absolute atomic E-state index is 0.0924. The van der Waals surface area contributed by atoms with Crippen molar-refractivity contribution in [2.24, 2.45) is 0 Å². The summed E-state index contributed by atoms with van der Waals surface area (Å²) >= 11 is 1.47. The molecule has 0 aliphatic carbocycles. The molecule has 26 heavy (non-hydrogen) atoms. The van der Waals surface area contributed by atoms with Crippen LogP contribution in [-0.4, -0.2) is 64.9 Å². The average molecular weight is 376 g/mol. The van der Waals surface area contributed by atoms with Gasteiger partial charge in [-0.1, -0.05) is 6.42 Å². The molecule has 1 fully saturated rings. The van der Waals surface area contributed by atoms with Crippen LogP contribution in [0.25, 0.3) is 10.2 Å². The van der Waals surface area contributed by atoms with E-state index in [1.807, 2.05) is 25.7 Å². The van der Waals surface area contributed by atoms with Crippen molar-refractivity contribution in [3.63, 3.8) is 0 Å². The summed E-state index contributed by atoms with van der Waals surface area (Å²) in [6.45, 7) is 11.7. The maximum Gasteiger partial charge on any atom is 0.264 e. The summed E-state index contributed by atoms with van der Waals surface area (Å²) in [4.78, 5) is 27.7. The predicted molar refractivity (Wildman–Crippen MR) is 108 cm³/mol. The maximum atomic E-state index is 12.8. The number of anilines is 1. The van der Waals surface area contributed by atoms with Gasteiger partial charge in [-0.15, -0.1) is 11.3 Å². The first-order valence-corrected chi connectivity index (χ1v) is 10.5. The van der Waals surface area contributed by atoms with Gasteiger partial charge in [0.1, 0.15) is 17.0 Å². The molecule has 0 saturated carbocycles. The van der Waals surface area contributed by atoms with Gasteiger partial charge in [-0.05, 0) is 52.3 Å². The summed E-state index contributed by atoms with van der Waals surface area (Å²) < 4.78 is 0. The van der Waals surface area contributed by atoms with E-state index in [4.69, 9.17) is 0 Å². The molecule has 1 saturated heterocycles. The fourth-order valence-corrected chi connectivity index (χ4v) is 4.70. The molecule has 0 radical (unpaired) electrons. The van der Waals surface area contributed by atoms with Gasteiger partial charge in [0.05, 0.1) is 10.3 Å². The molecular formula is C19H29N5OS. The van der Waals surface area contributed by atoms with Crippen molar-refractivity contribution in [1.82, 2.24) is 19.8 Å². The third-order valence-electron chi connectivity index (χ3n) is 5.14. The van der Waals surface area contributed by atoms with Crippen LogP contribution in [0.1, 0.15) is 48.3 Å². The van der Waals surface area contributed by atoms with Gasteiger partial charge >= 0.3 is 0 Å². The van der Waals surface area contributed by atoms with Crippen molar-refractivity contribution < 1.29 is 4.79 Å². The first kappa shape index (κ1) is 19.0. The van der Waals surface area contributed by atoms with Gasteiger partial charge in [0.15, 0.2) is 0 Å². The molecule has 1 aliphatic heterocycles. The van der Waals surface area contributed by atoms with E-state index < -0.39 is 0 Å². The number of piperidine rings is 1. The van der Waals surface area contributed by atoms with Crippen molar-refractivity contribution in [2.45, 2.75) is 40.0 Å². The van der Waals surface area contributed by atoms with Crippen molar-refractivity contribution in [1.29, 1.82) is 0 Å². The van der Waals surface area contributed by atoms with E-state index >= 15 is 0 Å². The second-order valence-corrected chi connectivity index (χ2v) is 7.76. The summed E-state index contributed by atoms with van der Waals surface area (Å²) in [5.41, 5.74) is 0.989. The third kappa shape index (κ3) is 3.99. The van der Waals surface area contributed by atoms with Crippen molar-refractivity contribution in [3.05, 3.63) is 16.8 Å². The first-order valence-electron chi connectivity index (χ1n) is 9.65. The molecule has 6 nitrogen and oxygen atoms in total. The molecule has 2 aromatic heterocycles. The largest absolute Gasteiger partial charge is 0.368 e. The molecule has 0 spiro atoms. The lowest BCUT2D eigenvalue weighted by atomic mass is 10.1. The van der Waals surface area contributed by atoms with Gasteiger partial charge < -0.3 is 15.1 Å². The number of nitrogens with zero attached hydrogens (tertiary/aromatic N) is 4.